The average Bonchev–Trinajstić information content (AvgIpc) is 2.37. The van der Waals surface area contributed by atoms with Gasteiger partial charge in [-0.05, 0) is 37.1 Å². The summed E-state index contributed by atoms with van der Waals surface area (Å²) in [5.74, 6) is -0.142. The fraction of sp³-hybridized carbons (Fsp3) is 0.571. The summed E-state index contributed by atoms with van der Waals surface area (Å²) in [5.41, 5.74) is 2.64. The Kier molecular flexibility index (Phi) is 4.17. The Morgan fingerprint density at radius 3 is 2.33 bits per heavy atom. The lowest BCUT2D eigenvalue weighted by atomic mass is 10.1. The highest BCUT2D eigenvalue weighted by atomic mass is 19.1. The number of anilines is 1. The zero-order chi connectivity index (χ0) is 13.1. The summed E-state index contributed by atoms with van der Waals surface area (Å²) in [4.78, 5) is 4.28. The third-order valence-corrected chi connectivity index (χ3v) is 3.73. The minimum atomic E-state index is -0.293. The standard InChI is InChI=1S/C14H20F2N2/c1-11-9-13(10-14(16)12(11)2)18-7-5-17(4-3-15)6-8-18/h9-10H,3-8H2,1-2H3. The van der Waals surface area contributed by atoms with E-state index in [0.717, 1.165) is 43.0 Å². The number of halogens is 2. The predicted octanol–water partition coefficient (Wildman–Crippen LogP) is 2.53. The summed E-state index contributed by atoms with van der Waals surface area (Å²) < 4.78 is 25.9. The van der Waals surface area contributed by atoms with Crippen molar-refractivity contribution in [2.75, 3.05) is 44.3 Å². The lowest BCUT2D eigenvalue weighted by Gasteiger charge is -2.35. The van der Waals surface area contributed by atoms with Gasteiger partial charge in [0.2, 0.25) is 0 Å². The fourth-order valence-electron chi connectivity index (χ4n) is 2.33. The van der Waals surface area contributed by atoms with E-state index in [4.69, 9.17) is 0 Å². The summed E-state index contributed by atoms with van der Waals surface area (Å²) >= 11 is 0. The number of aryl methyl sites for hydroxylation is 1. The summed E-state index contributed by atoms with van der Waals surface area (Å²) in [6.07, 6.45) is 0. The largest absolute Gasteiger partial charge is 0.369 e. The minimum Gasteiger partial charge on any atom is -0.369 e. The van der Waals surface area contributed by atoms with Gasteiger partial charge in [0.25, 0.3) is 0 Å². The summed E-state index contributed by atoms with van der Waals surface area (Å²) in [6, 6.07) is 3.64. The van der Waals surface area contributed by atoms with E-state index < -0.39 is 0 Å². The van der Waals surface area contributed by atoms with Crippen LogP contribution in [-0.2, 0) is 0 Å². The second-order valence-corrected chi connectivity index (χ2v) is 4.89. The van der Waals surface area contributed by atoms with Crippen molar-refractivity contribution in [2.24, 2.45) is 0 Å². The van der Waals surface area contributed by atoms with Crippen LogP contribution in [0.15, 0.2) is 12.1 Å². The Labute approximate surface area is 107 Å². The molecule has 0 unspecified atom stereocenters. The summed E-state index contributed by atoms with van der Waals surface area (Å²) in [5, 5.41) is 0. The molecule has 1 aliphatic heterocycles. The Balaban J connectivity index is 2.05. The zero-order valence-corrected chi connectivity index (χ0v) is 11.0. The SMILES string of the molecule is Cc1cc(N2CCN(CCF)CC2)cc(F)c1C. The highest BCUT2D eigenvalue weighted by molar-refractivity contribution is 5.51. The van der Waals surface area contributed by atoms with Crippen molar-refractivity contribution in [3.63, 3.8) is 0 Å². The number of hydrogen-bond donors (Lipinski definition) is 0. The highest BCUT2D eigenvalue weighted by Gasteiger charge is 2.18. The Morgan fingerprint density at radius 1 is 1.11 bits per heavy atom. The molecule has 0 atom stereocenters. The molecule has 100 valence electrons. The van der Waals surface area contributed by atoms with Crippen LogP contribution in [0.4, 0.5) is 14.5 Å². The number of rotatable bonds is 3. The molecular weight excluding hydrogens is 234 g/mol. The molecule has 0 spiro atoms. The number of alkyl halides is 1. The van der Waals surface area contributed by atoms with E-state index in [-0.39, 0.29) is 12.5 Å². The first-order valence-electron chi connectivity index (χ1n) is 6.42. The van der Waals surface area contributed by atoms with Crippen LogP contribution in [0.1, 0.15) is 11.1 Å². The van der Waals surface area contributed by atoms with Gasteiger partial charge >= 0.3 is 0 Å². The van der Waals surface area contributed by atoms with Crippen LogP contribution in [0.5, 0.6) is 0 Å². The van der Waals surface area contributed by atoms with E-state index in [9.17, 15) is 8.78 Å². The minimum absolute atomic E-state index is 0.142. The molecule has 18 heavy (non-hydrogen) atoms. The molecule has 4 heteroatoms. The number of benzene rings is 1. The van der Waals surface area contributed by atoms with Crippen molar-refractivity contribution >= 4 is 5.69 Å². The van der Waals surface area contributed by atoms with Gasteiger partial charge in [-0.2, -0.15) is 0 Å². The van der Waals surface area contributed by atoms with Crippen molar-refractivity contribution in [1.29, 1.82) is 0 Å². The number of hydrogen-bond acceptors (Lipinski definition) is 2. The van der Waals surface area contributed by atoms with Crippen molar-refractivity contribution in [1.82, 2.24) is 4.90 Å². The number of nitrogens with zero attached hydrogens (tertiary/aromatic N) is 2. The van der Waals surface area contributed by atoms with Gasteiger partial charge in [0.15, 0.2) is 0 Å². The molecule has 1 aromatic rings. The maximum atomic E-state index is 13.7. The third-order valence-electron chi connectivity index (χ3n) is 3.73. The van der Waals surface area contributed by atoms with Crippen LogP contribution in [0.2, 0.25) is 0 Å². The molecule has 0 bridgehead atoms. The van der Waals surface area contributed by atoms with Crippen molar-refractivity contribution in [3.8, 4) is 0 Å². The van der Waals surface area contributed by atoms with E-state index in [1.54, 1.807) is 13.0 Å². The molecule has 0 N–H and O–H groups in total. The van der Waals surface area contributed by atoms with Crippen LogP contribution >= 0.6 is 0 Å². The molecule has 0 aliphatic carbocycles. The van der Waals surface area contributed by atoms with Crippen LogP contribution in [0, 0.1) is 19.7 Å². The fourth-order valence-corrected chi connectivity index (χ4v) is 2.33. The molecular formula is C14H20F2N2. The number of piperazine rings is 1. The van der Waals surface area contributed by atoms with Crippen molar-refractivity contribution < 1.29 is 8.78 Å². The van der Waals surface area contributed by atoms with E-state index in [2.05, 4.69) is 9.80 Å². The van der Waals surface area contributed by atoms with Gasteiger partial charge in [0.1, 0.15) is 12.5 Å². The van der Waals surface area contributed by atoms with Crippen molar-refractivity contribution in [2.45, 2.75) is 13.8 Å². The summed E-state index contributed by atoms with van der Waals surface area (Å²) in [7, 11) is 0. The molecule has 0 amide bonds. The molecule has 1 aromatic carbocycles. The second kappa shape index (κ2) is 5.65. The third kappa shape index (κ3) is 2.80. The van der Waals surface area contributed by atoms with Gasteiger partial charge in [-0.3, -0.25) is 4.90 Å². The normalized spacial score (nSPS) is 17.2. The first kappa shape index (κ1) is 13.3. The van der Waals surface area contributed by atoms with Crippen LogP contribution < -0.4 is 4.90 Å². The summed E-state index contributed by atoms with van der Waals surface area (Å²) in [6.45, 7) is 7.31. The second-order valence-electron chi connectivity index (χ2n) is 4.89. The zero-order valence-electron chi connectivity index (χ0n) is 11.0. The molecule has 2 nitrogen and oxygen atoms in total. The Hall–Kier alpha value is -1.16. The van der Waals surface area contributed by atoms with Gasteiger partial charge < -0.3 is 4.90 Å². The molecule has 1 aliphatic rings. The first-order chi connectivity index (χ1) is 8.61. The lowest BCUT2D eigenvalue weighted by Crippen LogP contribution is -2.47. The molecule has 0 radical (unpaired) electrons. The molecule has 1 heterocycles. The maximum Gasteiger partial charge on any atom is 0.128 e. The first-order valence-corrected chi connectivity index (χ1v) is 6.42. The van der Waals surface area contributed by atoms with Crippen LogP contribution in [-0.4, -0.2) is 44.3 Å². The molecule has 2 rings (SSSR count). The van der Waals surface area contributed by atoms with Gasteiger partial charge in [-0.15, -0.1) is 0 Å². The van der Waals surface area contributed by atoms with E-state index in [1.165, 1.54) is 0 Å². The van der Waals surface area contributed by atoms with E-state index in [0.29, 0.717) is 6.54 Å². The van der Waals surface area contributed by atoms with Gasteiger partial charge in [0.05, 0.1) is 0 Å². The molecule has 1 fully saturated rings. The topological polar surface area (TPSA) is 6.48 Å². The monoisotopic (exact) mass is 254 g/mol. The van der Waals surface area contributed by atoms with E-state index >= 15 is 0 Å². The quantitative estimate of drug-likeness (QED) is 0.818. The lowest BCUT2D eigenvalue weighted by molar-refractivity contribution is 0.235. The Bertz CT molecular complexity index is 389. The highest BCUT2D eigenvalue weighted by Crippen LogP contribution is 2.23. The molecule has 0 aromatic heterocycles. The smallest absolute Gasteiger partial charge is 0.128 e. The van der Waals surface area contributed by atoms with Gasteiger partial charge in [-0.25, -0.2) is 8.78 Å². The van der Waals surface area contributed by atoms with Crippen LogP contribution in [0.3, 0.4) is 0 Å². The van der Waals surface area contributed by atoms with Gasteiger partial charge in [-0.1, -0.05) is 0 Å². The van der Waals surface area contributed by atoms with Crippen LogP contribution in [0.25, 0.3) is 0 Å². The van der Waals surface area contributed by atoms with Gasteiger partial charge in [0, 0.05) is 38.4 Å². The predicted molar refractivity (Wildman–Crippen MR) is 70.5 cm³/mol. The maximum absolute atomic E-state index is 13.7. The molecule has 1 saturated heterocycles. The Morgan fingerprint density at radius 2 is 1.78 bits per heavy atom. The van der Waals surface area contributed by atoms with E-state index in [1.807, 2.05) is 13.0 Å². The van der Waals surface area contributed by atoms with Crippen molar-refractivity contribution in [3.05, 3.63) is 29.1 Å². The average molecular weight is 254 g/mol. The molecule has 0 saturated carbocycles.